The molecule has 1 heterocycles. The molecule has 4 nitrogen and oxygen atoms in total. The molecule has 1 fully saturated rings. The van der Waals surface area contributed by atoms with Gasteiger partial charge in [-0.2, -0.15) is 4.31 Å². The van der Waals surface area contributed by atoms with Gasteiger partial charge in [-0.25, -0.2) is 8.42 Å². The molecule has 2 rings (SSSR count). The lowest BCUT2D eigenvalue weighted by Gasteiger charge is -2.37. The zero-order valence-corrected chi connectivity index (χ0v) is 14.6. The second-order valence-corrected chi connectivity index (χ2v) is 7.74. The van der Waals surface area contributed by atoms with Gasteiger partial charge in [0.25, 0.3) is 0 Å². The van der Waals surface area contributed by atoms with Gasteiger partial charge in [-0.15, -0.1) is 12.4 Å². The number of nitrogens with zero attached hydrogens (tertiary/aromatic N) is 1. The van der Waals surface area contributed by atoms with Crippen molar-refractivity contribution in [2.75, 3.05) is 6.54 Å². The van der Waals surface area contributed by atoms with E-state index in [9.17, 15) is 8.42 Å². The van der Waals surface area contributed by atoms with E-state index < -0.39 is 10.0 Å². The van der Waals surface area contributed by atoms with Crippen LogP contribution in [-0.4, -0.2) is 31.4 Å². The molecular weight excluding hydrogens is 331 g/mol. The van der Waals surface area contributed by atoms with E-state index in [2.05, 4.69) is 0 Å². The Bertz CT molecular complexity index is 591. The lowest BCUT2D eigenvalue weighted by Crippen LogP contribution is -2.51. The van der Waals surface area contributed by atoms with Gasteiger partial charge in [-0.3, -0.25) is 0 Å². The molecule has 1 aromatic carbocycles. The molecule has 0 amide bonds. The van der Waals surface area contributed by atoms with Crippen molar-refractivity contribution in [3.8, 4) is 0 Å². The van der Waals surface area contributed by atoms with Crippen molar-refractivity contribution in [2.24, 2.45) is 5.73 Å². The molecule has 0 spiro atoms. The summed E-state index contributed by atoms with van der Waals surface area (Å²) in [6, 6.07) is 4.66. The second kappa shape index (κ2) is 7.29. The van der Waals surface area contributed by atoms with E-state index in [0.717, 1.165) is 19.3 Å². The number of benzene rings is 1. The molecule has 21 heavy (non-hydrogen) atoms. The maximum atomic E-state index is 12.9. The van der Waals surface area contributed by atoms with Gasteiger partial charge in [0.15, 0.2) is 0 Å². The highest BCUT2D eigenvalue weighted by Crippen LogP contribution is 2.29. The Morgan fingerprint density at radius 1 is 1.38 bits per heavy atom. The van der Waals surface area contributed by atoms with Gasteiger partial charge in [0, 0.05) is 23.7 Å². The number of nitrogens with two attached hydrogens (primary N) is 1. The van der Waals surface area contributed by atoms with E-state index in [1.54, 1.807) is 23.4 Å². The van der Waals surface area contributed by atoms with Crippen LogP contribution in [0.3, 0.4) is 0 Å². The summed E-state index contributed by atoms with van der Waals surface area (Å²) >= 11 is 5.95. The van der Waals surface area contributed by atoms with Crippen molar-refractivity contribution in [1.82, 2.24) is 4.31 Å². The molecule has 1 aliphatic heterocycles. The van der Waals surface area contributed by atoms with Gasteiger partial charge < -0.3 is 5.73 Å². The predicted molar refractivity (Wildman–Crippen MR) is 88.6 cm³/mol. The van der Waals surface area contributed by atoms with Crippen LogP contribution < -0.4 is 5.73 Å². The molecular formula is C14H22Cl2N2O2S. The quantitative estimate of drug-likeness (QED) is 0.909. The first-order chi connectivity index (χ1) is 9.34. The van der Waals surface area contributed by atoms with Crippen molar-refractivity contribution in [3.05, 3.63) is 28.8 Å². The average Bonchev–Trinajstić information content (AvgIpc) is 2.41. The minimum atomic E-state index is -3.54. The molecule has 0 radical (unpaired) electrons. The molecule has 1 aliphatic rings. The van der Waals surface area contributed by atoms with Gasteiger partial charge in [-0.05, 0) is 44.4 Å². The SMILES string of the molecule is Cc1ccc(Cl)cc1S(=O)(=O)N1CCCCC1C(C)N.Cl. The smallest absolute Gasteiger partial charge is 0.243 e. The van der Waals surface area contributed by atoms with E-state index in [-0.39, 0.29) is 29.4 Å². The monoisotopic (exact) mass is 352 g/mol. The number of piperidine rings is 1. The fourth-order valence-electron chi connectivity index (χ4n) is 2.73. The Balaban J connectivity index is 0.00000220. The summed E-state index contributed by atoms with van der Waals surface area (Å²) in [6.07, 6.45) is 2.71. The maximum Gasteiger partial charge on any atom is 0.243 e. The van der Waals surface area contributed by atoms with Crippen molar-refractivity contribution in [1.29, 1.82) is 0 Å². The Hall–Kier alpha value is -0.330. The minimum Gasteiger partial charge on any atom is -0.326 e. The molecule has 1 saturated heterocycles. The Labute approximate surface area is 138 Å². The highest BCUT2D eigenvalue weighted by molar-refractivity contribution is 7.89. The normalized spacial score (nSPS) is 21.6. The first-order valence-electron chi connectivity index (χ1n) is 6.87. The Morgan fingerprint density at radius 2 is 2.05 bits per heavy atom. The molecule has 7 heteroatoms. The molecule has 1 aromatic rings. The van der Waals surface area contributed by atoms with E-state index >= 15 is 0 Å². The number of rotatable bonds is 3. The molecule has 2 N–H and O–H groups in total. The summed E-state index contributed by atoms with van der Waals surface area (Å²) in [7, 11) is -3.54. The third-order valence-electron chi connectivity index (χ3n) is 3.84. The van der Waals surface area contributed by atoms with Crippen LogP contribution in [0, 0.1) is 6.92 Å². The van der Waals surface area contributed by atoms with E-state index in [4.69, 9.17) is 17.3 Å². The summed E-state index contributed by atoms with van der Waals surface area (Å²) in [6.45, 7) is 4.18. The standard InChI is InChI=1S/C14H21ClN2O2S.ClH/c1-10-6-7-12(15)9-14(10)20(18,19)17-8-4-3-5-13(17)11(2)16;/h6-7,9,11,13H,3-5,8,16H2,1-2H3;1H. The van der Waals surface area contributed by atoms with Crippen LogP contribution in [-0.2, 0) is 10.0 Å². The summed E-state index contributed by atoms with van der Waals surface area (Å²) in [5.74, 6) is 0. The van der Waals surface area contributed by atoms with Crippen molar-refractivity contribution in [3.63, 3.8) is 0 Å². The number of hydrogen-bond acceptors (Lipinski definition) is 3. The highest BCUT2D eigenvalue weighted by Gasteiger charge is 2.36. The number of halogens is 2. The van der Waals surface area contributed by atoms with Crippen LogP contribution in [0.2, 0.25) is 5.02 Å². The van der Waals surface area contributed by atoms with Crippen molar-refractivity contribution >= 4 is 34.0 Å². The van der Waals surface area contributed by atoms with E-state index in [1.165, 1.54) is 6.07 Å². The van der Waals surface area contributed by atoms with Crippen molar-refractivity contribution in [2.45, 2.75) is 50.1 Å². The first kappa shape index (κ1) is 18.7. The lowest BCUT2D eigenvalue weighted by molar-refractivity contribution is 0.227. The fourth-order valence-corrected chi connectivity index (χ4v) is 5.00. The summed E-state index contributed by atoms with van der Waals surface area (Å²) in [4.78, 5) is 0.289. The van der Waals surface area contributed by atoms with Crippen LogP contribution in [0.4, 0.5) is 0 Å². The van der Waals surface area contributed by atoms with Gasteiger partial charge in [0.1, 0.15) is 0 Å². The van der Waals surface area contributed by atoms with Crippen LogP contribution >= 0.6 is 24.0 Å². The van der Waals surface area contributed by atoms with Gasteiger partial charge in [0.2, 0.25) is 10.0 Å². The summed E-state index contributed by atoms with van der Waals surface area (Å²) in [5.41, 5.74) is 6.68. The molecule has 0 aromatic heterocycles. The van der Waals surface area contributed by atoms with E-state index in [0.29, 0.717) is 17.1 Å². The molecule has 120 valence electrons. The zero-order valence-electron chi connectivity index (χ0n) is 12.3. The Kier molecular flexibility index (Phi) is 6.50. The maximum absolute atomic E-state index is 12.9. The zero-order chi connectivity index (χ0) is 14.9. The van der Waals surface area contributed by atoms with Gasteiger partial charge >= 0.3 is 0 Å². The first-order valence-corrected chi connectivity index (χ1v) is 8.69. The van der Waals surface area contributed by atoms with Crippen molar-refractivity contribution < 1.29 is 8.42 Å². The van der Waals surface area contributed by atoms with Crippen LogP contribution in [0.15, 0.2) is 23.1 Å². The molecule has 0 saturated carbocycles. The Morgan fingerprint density at radius 3 is 2.67 bits per heavy atom. The molecule has 0 bridgehead atoms. The topological polar surface area (TPSA) is 63.4 Å². The number of sulfonamides is 1. The third kappa shape index (κ3) is 3.90. The lowest BCUT2D eigenvalue weighted by atomic mass is 10.00. The van der Waals surface area contributed by atoms with Gasteiger partial charge in [0.05, 0.1) is 4.90 Å². The highest BCUT2D eigenvalue weighted by atomic mass is 35.5. The number of hydrogen-bond donors (Lipinski definition) is 1. The molecule has 2 atom stereocenters. The van der Waals surface area contributed by atoms with Crippen LogP contribution in [0.25, 0.3) is 0 Å². The summed E-state index contributed by atoms with van der Waals surface area (Å²) in [5, 5.41) is 0.434. The fraction of sp³-hybridized carbons (Fsp3) is 0.571. The second-order valence-electron chi connectivity index (χ2n) is 5.45. The predicted octanol–water partition coefficient (Wildman–Crippen LogP) is 2.96. The third-order valence-corrected chi connectivity index (χ3v) is 6.14. The van der Waals surface area contributed by atoms with Gasteiger partial charge in [-0.1, -0.05) is 24.1 Å². The summed E-state index contributed by atoms with van der Waals surface area (Å²) < 4.78 is 27.3. The minimum absolute atomic E-state index is 0. The largest absolute Gasteiger partial charge is 0.326 e. The molecule has 0 aliphatic carbocycles. The van der Waals surface area contributed by atoms with Crippen LogP contribution in [0.1, 0.15) is 31.7 Å². The van der Waals surface area contributed by atoms with E-state index in [1.807, 2.05) is 6.92 Å². The van der Waals surface area contributed by atoms with Crippen LogP contribution in [0.5, 0.6) is 0 Å². The number of aryl methyl sites for hydroxylation is 1. The molecule has 2 unspecified atom stereocenters. The average molecular weight is 353 g/mol.